The van der Waals surface area contributed by atoms with Crippen molar-refractivity contribution in [1.29, 1.82) is 0 Å². The lowest BCUT2D eigenvalue weighted by Crippen LogP contribution is -2.36. The summed E-state index contributed by atoms with van der Waals surface area (Å²) in [7, 11) is 3.98. The largest absolute Gasteiger partial charge is 0.378 e. The zero-order chi connectivity index (χ0) is 19.1. The summed E-state index contributed by atoms with van der Waals surface area (Å²) in [5.74, 6) is 0.889. The number of amides is 2. The summed E-state index contributed by atoms with van der Waals surface area (Å²) < 4.78 is 0. The van der Waals surface area contributed by atoms with E-state index in [9.17, 15) is 9.59 Å². The molecule has 5 nitrogen and oxygen atoms in total. The average molecular weight is 360 g/mol. The second-order valence-electron chi connectivity index (χ2n) is 7.95. The van der Waals surface area contributed by atoms with Gasteiger partial charge in [-0.1, -0.05) is 13.8 Å². The van der Waals surface area contributed by atoms with Crippen LogP contribution in [0.5, 0.6) is 0 Å². The van der Waals surface area contributed by atoms with Crippen LogP contribution in [0.1, 0.15) is 46.0 Å². The molecule has 144 valence electrons. The second-order valence-corrected chi connectivity index (χ2v) is 7.95. The lowest BCUT2D eigenvalue weighted by Gasteiger charge is -2.27. The molecule has 1 aliphatic carbocycles. The zero-order valence-corrected chi connectivity index (χ0v) is 16.5. The van der Waals surface area contributed by atoms with E-state index in [1.807, 2.05) is 43.3 Å². The first-order valence-corrected chi connectivity index (χ1v) is 9.72. The molecule has 2 N–H and O–H groups in total. The van der Waals surface area contributed by atoms with Crippen LogP contribution < -0.4 is 15.5 Å². The summed E-state index contributed by atoms with van der Waals surface area (Å²) in [6.07, 6.45) is 4.17. The summed E-state index contributed by atoms with van der Waals surface area (Å²) >= 11 is 0. The highest BCUT2D eigenvalue weighted by Crippen LogP contribution is 2.30. The summed E-state index contributed by atoms with van der Waals surface area (Å²) in [6, 6.07) is 7.85. The molecule has 1 fully saturated rings. The third-order valence-corrected chi connectivity index (χ3v) is 5.14. The SMILES string of the molecule is CC(C)CCNC(=O)C1CCC(C(=O)Nc2ccc(N(C)C)cc2)CC1. The molecule has 0 saturated heterocycles. The molecule has 0 bridgehead atoms. The van der Waals surface area contributed by atoms with Crippen molar-refractivity contribution in [3.63, 3.8) is 0 Å². The Hall–Kier alpha value is -2.04. The van der Waals surface area contributed by atoms with Gasteiger partial charge in [0.2, 0.25) is 11.8 Å². The molecule has 0 unspecified atom stereocenters. The van der Waals surface area contributed by atoms with Crippen molar-refractivity contribution in [2.24, 2.45) is 17.8 Å². The van der Waals surface area contributed by atoms with E-state index < -0.39 is 0 Å². The van der Waals surface area contributed by atoms with Crippen molar-refractivity contribution >= 4 is 23.2 Å². The maximum Gasteiger partial charge on any atom is 0.227 e. The van der Waals surface area contributed by atoms with Gasteiger partial charge in [-0.2, -0.15) is 0 Å². The third-order valence-electron chi connectivity index (χ3n) is 5.14. The van der Waals surface area contributed by atoms with Crippen LogP contribution in [0.3, 0.4) is 0 Å². The first kappa shape index (κ1) is 20.3. The fraction of sp³-hybridized carbons (Fsp3) is 0.619. The van der Waals surface area contributed by atoms with Gasteiger partial charge in [-0.05, 0) is 62.3 Å². The molecule has 5 heteroatoms. The molecular weight excluding hydrogens is 326 g/mol. The summed E-state index contributed by atoms with van der Waals surface area (Å²) in [5.41, 5.74) is 1.93. The zero-order valence-electron chi connectivity index (χ0n) is 16.5. The first-order valence-electron chi connectivity index (χ1n) is 9.72. The third kappa shape index (κ3) is 6.04. The van der Waals surface area contributed by atoms with Gasteiger partial charge in [-0.3, -0.25) is 9.59 Å². The Kier molecular flexibility index (Phi) is 7.49. The lowest BCUT2D eigenvalue weighted by molar-refractivity contribution is -0.128. The van der Waals surface area contributed by atoms with Gasteiger partial charge in [0.1, 0.15) is 0 Å². The molecule has 1 aromatic rings. The number of benzene rings is 1. The molecule has 0 radical (unpaired) electrons. The van der Waals surface area contributed by atoms with Crippen LogP contribution in [0.2, 0.25) is 0 Å². The Bertz CT molecular complexity index is 588. The highest BCUT2D eigenvalue weighted by Gasteiger charge is 2.29. The molecule has 0 spiro atoms. The highest BCUT2D eigenvalue weighted by molar-refractivity contribution is 5.93. The van der Waals surface area contributed by atoms with E-state index in [4.69, 9.17) is 0 Å². The lowest BCUT2D eigenvalue weighted by atomic mass is 9.81. The number of rotatable bonds is 7. The predicted octanol–water partition coefficient (Wildman–Crippen LogP) is 3.66. The molecule has 0 aromatic heterocycles. The van der Waals surface area contributed by atoms with E-state index in [-0.39, 0.29) is 23.7 Å². The van der Waals surface area contributed by atoms with Crippen molar-refractivity contribution in [1.82, 2.24) is 5.32 Å². The molecule has 0 atom stereocenters. The van der Waals surface area contributed by atoms with Crippen molar-refractivity contribution < 1.29 is 9.59 Å². The van der Waals surface area contributed by atoms with E-state index in [1.165, 1.54) is 0 Å². The molecule has 1 saturated carbocycles. The van der Waals surface area contributed by atoms with Crippen LogP contribution in [-0.4, -0.2) is 32.5 Å². The fourth-order valence-corrected chi connectivity index (χ4v) is 3.33. The quantitative estimate of drug-likeness (QED) is 0.781. The Morgan fingerprint density at radius 2 is 1.54 bits per heavy atom. The number of carbonyl (C=O) groups is 2. The number of hydrogen-bond acceptors (Lipinski definition) is 3. The highest BCUT2D eigenvalue weighted by atomic mass is 16.2. The second kappa shape index (κ2) is 9.60. The van der Waals surface area contributed by atoms with Gasteiger partial charge in [-0.25, -0.2) is 0 Å². The average Bonchev–Trinajstić information content (AvgIpc) is 2.62. The Balaban J connectivity index is 1.76. The smallest absolute Gasteiger partial charge is 0.227 e. The van der Waals surface area contributed by atoms with Crippen LogP contribution in [0.25, 0.3) is 0 Å². The van der Waals surface area contributed by atoms with Crippen LogP contribution in [0.4, 0.5) is 11.4 Å². The first-order chi connectivity index (χ1) is 12.4. The van der Waals surface area contributed by atoms with Gasteiger partial charge in [0.05, 0.1) is 0 Å². The Labute approximate surface area is 157 Å². The van der Waals surface area contributed by atoms with Crippen LogP contribution in [0.15, 0.2) is 24.3 Å². The molecule has 0 heterocycles. The van der Waals surface area contributed by atoms with Gasteiger partial charge < -0.3 is 15.5 Å². The molecule has 0 aliphatic heterocycles. The van der Waals surface area contributed by atoms with Gasteiger partial charge >= 0.3 is 0 Å². The number of anilines is 2. The predicted molar refractivity (Wildman–Crippen MR) is 107 cm³/mol. The molecule has 2 amide bonds. The van der Waals surface area contributed by atoms with Crippen molar-refractivity contribution in [2.45, 2.75) is 46.0 Å². The standard InChI is InChI=1S/C21H33N3O2/c1-15(2)13-14-22-20(25)16-5-7-17(8-6-16)21(26)23-18-9-11-19(12-10-18)24(3)4/h9-12,15-17H,5-8,13-14H2,1-4H3,(H,22,25)(H,23,26). The molecule has 26 heavy (non-hydrogen) atoms. The normalized spacial score (nSPS) is 19.9. The fourth-order valence-electron chi connectivity index (χ4n) is 3.33. The van der Waals surface area contributed by atoms with Crippen LogP contribution in [-0.2, 0) is 9.59 Å². The minimum atomic E-state index is 0.00300. The van der Waals surface area contributed by atoms with E-state index in [1.54, 1.807) is 0 Å². The van der Waals surface area contributed by atoms with Crippen LogP contribution >= 0.6 is 0 Å². The van der Waals surface area contributed by atoms with E-state index in [0.29, 0.717) is 5.92 Å². The minimum absolute atomic E-state index is 0.00300. The Morgan fingerprint density at radius 1 is 1.00 bits per heavy atom. The van der Waals surface area contributed by atoms with Crippen molar-refractivity contribution in [3.8, 4) is 0 Å². The van der Waals surface area contributed by atoms with Gasteiger partial charge in [-0.15, -0.1) is 0 Å². The maximum absolute atomic E-state index is 12.5. The van der Waals surface area contributed by atoms with Crippen LogP contribution in [0, 0.1) is 17.8 Å². The summed E-state index contributed by atoms with van der Waals surface area (Å²) in [5, 5.41) is 6.05. The monoisotopic (exact) mass is 359 g/mol. The summed E-state index contributed by atoms with van der Waals surface area (Å²) in [4.78, 5) is 26.7. The maximum atomic E-state index is 12.5. The van der Waals surface area contributed by atoms with E-state index in [0.717, 1.165) is 50.0 Å². The Morgan fingerprint density at radius 3 is 2.04 bits per heavy atom. The molecule has 2 rings (SSSR count). The van der Waals surface area contributed by atoms with Gasteiger partial charge in [0, 0.05) is 43.9 Å². The number of nitrogens with zero attached hydrogens (tertiary/aromatic N) is 1. The minimum Gasteiger partial charge on any atom is -0.378 e. The van der Waals surface area contributed by atoms with E-state index >= 15 is 0 Å². The number of hydrogen-bond donors (Lipinski definition) is 2. The van der Waals surface area contributed by atoms with Crippen molar-refractivity contribution in [2.75, 3.05) is 30.9 Å². The topological polar surface area (TPSA) is 61.4 Å². The molecule has 1 aromatic carbocycles. The molecular formula is C21H33N3O2. The van der Waals surface area contributed by atoms with Crippen molar-refractivity contribution in [3.05, 3.63) is 24.3 Å². The molecule has 1 aliphatic rings. The van der Waals surface area contributed by atoms with E-state index in [2.05, 4.69) is 24.5 Å². The number of carbonyl (C=O) groups excluding carboxylic acids is 2. The van der Waals surface area contributed by atoms with Gasteiger partial charge in [0.15, 0.2) is 0 Å². The number of nitrogens with one attached hydrogen (secondary N) is 2. The van der Waals surface area contributed by atoms with Gasteiger partial charge in [0.25, 0.3) is 0 Å². The summed E-state index contributed by atoms with van der Waals surface area (Å²) in [6.45, 7) is 5.06.